The van der Waals surface area contributed by atoms with E-state index in [2.05, 4.69) is 41.8 Å². The molecule has 1 saturated heterocycles. The van der Waals surface area contributed by atoms with Gasteiger partial charge in [0.05, 0.1) is 0 Å². The topological polar surface area (TPSA) is 24.1 Å². The summed E-state index contributed by atoms with van der Waals surface area (Å²) in [5, 5.41) is 7.07. The Hall–Kier alpha value is -0.670. The van der Waals surface area contributed by atoms with Crippen LogP contribution in [0, 0.1) is 0 Å². The van der Waals surface area contributed by atoms with Crippen LogP contribution in [0.25, 0.3) is 0 Å². The number of thioether (sulfide) groups is 1. The quantitative estimate of drug-likeness (QED) is 0.769. The first-order valence-electron chi connectivity index (χ1n) is 6.09. The van der Waals surface area contributed by atoms with Gasteiger partial charge in [-0.25, -0.2) is 0 Å². The maximum atomic E-state index is 3.56. The Morgan fingerprint density at radius 1 is 1.44 bits per heavy atom. The molecule has 0 radical (unpaired) electrons. The monoisotopic (exact) mass is 236 g/mol. The molecule has 0 bridgehead atoms. The second-order valence-electron chi connectivity index (χ2n) is 4.10. The maximum Gasteiger partial charge on any atom is 0.0478 e. The van der Waals surface area contributed by atoms with E-state index < -0.39 is 0 Å². The largest absolute Gasteiger partial charge is 0.383 e. The predicted molar refractivity (Wildman–Crippen MR) is 72.4 cm³/mol. The number of hydrogen-bond donors (Lipinski definition) is 2. The molecular formula is C13H20N2S. The maximum absolute atomic E-state index is 3.56. The number of anilines is 1. The van der Waals surface area contributed by atoms with E-state index in [9.17, 15) is 0 Å². The molecule has 0 saturated carbocycles. The second-order valence-corrected chi connectivity index (χ2v) is 5.41. The van der Waals surface area contributed by atoms with E-state index in [0.29, 0.717) is 6.04 Å². The number of benzene rings is 1. The van der Waals surface area contributed by atoms with Gasteiger partial charge >= 0.3 is 0 Å². The average Bonchev–Trinajstić information content (AvgIpc) is 2.81. The van der Waals surface area contributed by atoms with E-state index in [-0.39, 0.29) is 0 Å². The molecule has 0 aromatic heterocycles. The van der Waals surface area contributed by atoms with E-state index in [1.165, 1.54) is 30.0 Å². The van der Waals surface area contributed by atoms with Crippen molar-refractivity contribution in [3.63, 3.8) is 0 Å². The van der Waals surface area contributed by atoms with Crippen LogP contribution in [0.5, 0.6) is 0 Å². The van der Waals surface area contributed by atoms with E-state index in [1.54, 1.807) is 0 Å². The van der Waals surface area contributed by atoms with Gasteiger partial charge in [0, 0.05) is 23.2 Å². The molecule has 16 heavy (non-hydrogen) atoms. The lowest BCUT2D eigenvalue weighted by atomic mass is 10.2. The Morgan fingerprint density at radius 3 is 3.06 bits per heavy atom. The van der Waals surface area contributed by atoms with Crippen molar-refractivity contribution >= 4 is 17.4 Å². The molecule has 3 heteroatoms. The first-order valence-corrected chi connectivity index (χ1v) is 7.08. The SMILES string of the molecule is CCSc1ccccc1NCC1CCCN1. The fourth-order valence-electron chi connectivity index (χ4n) is 2.06. The van der Waals surface area contributed by atoms with Gasteiger partial charge in [-0.2, -0.15) is 0 Å². The second kappa shape index (κ2) is 6.16. The van der Waals surface area contributed by atoms with Crippen molar-refractivity contribution < 1.29 is 0 Å². The fraction of sp³-hybridized carbons (Fsp3) is 0.538. The molecule has 0 spiro atoms. The van der Waals surface area contributed by atoms with Gasteiger partial charge in [0.25, 0.3) is 0 Å². The highest BCUT2D eigenvalue weighted by Crippen LogP contribution is 2.26. The Balaban J connectivity index is 1.91. The first kappa shape index (κ1) is 11.8. The third-order valence-electron chi connectivity index (χ3n) is 2.89. The highest BCUT2D eigenvalue weighted by atomic mass is 32.2. The van der Waals surface area contributed by atoms with Crippen molar-refractivity contribution in [1.29, 1.82) is 0 Å². The molecule has 1 heterocycles. The van der Waals surface area contributed by atoms with Crippen LogP contribution in [0.15, 0.2) is 29.2 Å². The lowest BCUT2D eigenvalue weighted by Crippen LogP contribution is -2.29. The summed E-state index contributed by atoms with van der Waals surface area (Å²) in [6.07, 6.45) is 2.62. The van der Waals surface area contributed by atoms with Crippen LogP contribution < -0.4 is 10.6 Å². The van der Waals surface area contributed by atoms with Gasteiger partial charge in [-0.3, -0.25) is 0 Å². The summed E-state index contributed by atoms with van der Waals surface area (Å²) in [4.78, 5) is 1.36. The third-order valence-corrected chi connectivity index (χ3v) is 3.84. The molecule has 0 amide bonds. The first-order chi connectivity index (χ1) is 7.90. The lowest BCUT2D eigenvalue weighted by molar-refractivity contribution is 0.633. The van der Waals surface area contributed by atoms with Gasteiger partial charge in [-0.1, -0.05) is 19.1 Å². The predicted octanol–water partition coefficient (Wildman–Crippen LogP) is 2.96. The van der Waals surface area contributed by atoms with Crippen molar-refractivity contribution in [2.75, 3.05) is 24.2 Å². The van der Waals surface area contributed by atoms with Crippen LogP contribution >= 0.6 is 11.8 Å². The molecule has 1 aromatic rings. The molecule has 2 rings (SSSR count). The molecule has 88 valence electrons. The van der Waals surface area contributed by atoms with Crippen LogP contribution in [0.1, 0.15) is 19.8 Å². The van der Waals surface area contributed by atoms with Gasteiger partial charge in [-0.15, -0.1) is 11.8 Å². The summed E-state index contributed by atoms with van der Waals surface area (Å²) >= 11 is 1.90. The van der Waals surface area contributed by atoms with E-state index in [0.717, 1.165) is 12.3 Å². The van der Waals surface area contributed by atoms with Gasteiger partial charge in [0.2, 0.25) is 0 Å². The molecule has 1 unspecified atom stereocenters. The summed E-state index contributed by atoms with van der Waals surface area (Å²) in [6.45, 7) is 4.42. The molecule has 1 fully saturated rings. The zero-order valence-corrected chi connectivity index (χ0v) is 10.6. The normalized spacial score (nSPS) is 19.9. The summed E-state index contributed by atoms with van der Waals surface area (Å²) in [6, 6.07) is 9.23. The van der Waals surface area contributed by atoms with Crippen LogP contribution in [0.2, 0.25) is 0 Å². The minimum absolute atomic E-state index is 0.652. The smallest absolute Gasteiger partial charge is 0.0478 e. The lowest BCUT2D eigenvalue weighted by Gasteiger charge is -2.15. The minimum atomic E-state index is 0.652. The standard InChI is InChI=1S/C13H20N2S/c1-2-16-13-8-4-3-7-12(13)15-10-11-6-5-9-14-11/h3-4,7-8,11,14-15H,2,5-6,9-10H2,1H3. The van der Waals surface area contributed by atoms with E-state index in [1.807, 2.05) is 11.8 Å². The zero-order valence-electron chi connectivity index (χ0n) is 9.83. The van der Waals surface area contributed by atoms with Gasteiger partial charge < -0.3 is 10.6 Å². The summed E-state index contributed by atoms with van der Waals surface area (Å²) in [5.74, 6) is 1.13. The van der Waals surface area contributed by atoms with Crippen molar-refractivity contribution in [2.24, 2.45) is 0 Å². The van der Waals surface area contributed by atoms with Gasteiger partial charge in [0.1, 0.15) is 0 Å². The number of nitrogens with one attached hydrogen (secondary N) is 2. The molecule has 1 aliphatic heterocycles. The molecular weight excluding hydrogens is 216 g/mol. The third kappa shape index (κ3) is 3.16. The van der Waals surface area contributed by atoms with Gasteiger partial charge in [-0.05, 0) is 37.3 Å². The Kier molecular flexibility index (Phi) is 4.55. The van der Waals surface area contributed by atoms with Crippen molar-refractivity contribution in [3.8, 4) is 0 Å². The summed E-state index contributed by atoms with van der Waals surface area (Å²) in [5.41, 5.74) is 1.28. The fourth-order valence-corrected chi connectivity index (χ4v) is 2.84. The molecule has 1 atom stereocenters. The Bertz CT molecular complexity index is 321. The zero-order chi connectivity index (χ0) is 11.2. The van der Waals surface area contributed by atoms with Crippen LogP contribution in [0.4, 0.5) is 5.69 Å². The van der Waals surface area contributed by atoms with Crippen LogP contribution in [-0.2, 0) is 0 Å². The van der Waals surface area contributed by atoms with E-state index in [4.69, 9.17) is 0 Å². The average molecular weight is 236 g/mol. The van der Waals surface area contributed by atoms with Crippen LogP contribution in [-0.4, -0.2) is 24.9 Å². The molecule has 1 aromatic carbocycles. The Labute approximate surface area is 102 Å². The minimum Gasteiger partial charge on any atom is -0.383 e. The van der Waals surface area contributed by atoms with Crippen LogP contribution in [0.3, 0.4) is 0 Å². The summed E-state index contributed by atoms with van der Waals surface area (Å²) < 4.78 is 0. The highest BCUT2D eigenvalue weighted by Gasteiger charge is 2.13. The molecule has 2 nitrogen and oxygen atoms in total. The Morgan fingerprint density at radius 2 is 2.31 bits per heavy atom. The van der Waals surface area contributed by atoms with Crippen molar-refractivity contribution in [3.05, 3.63) is 24.3 Å². The van der Waals surface area contributed by atoms with E-state index >= 15 is 0 Å². The highest BCUT2D eigenvalue weighted by molar-refractivity contribution is 7.99. The molecule has 1 aliphatic rings. The van der Waals surface area contributed by atoms with Crippen molar-refractivity contribution in [1.82, 2.24) is 5.32 Å². The summed E-state index contributed by atoms with van der Waals surface area (Å²) in [7, 11) is 0. The van der Waals surface area contributed by atoms with Gasteiger partial charge in [0.15, 0.2) is 0 Å². The molecule has 2 N–H and O–H groups in total. The number of hydrogen-bond acceptors (Lipinski definition) is 3. The number of rotatable bonds is 5. The number of para-hydroxylation sites is 1. The van der Waals surface area contributed by atoms with Crippen molar-refractivity contribution in [2.45, 2.75) is 30.7 Å². The molecule has 0 aliphatic carbocycles.